The van der Waals surface area contributed by atoms with E-state index in [0.29, 0.717) is 6.21 Å². The van der Waals surface area contributed by atoms with E-state index < -0.39 is 34.5 Å². The molecule has 0 spiro atoms. The molecule has 0 saturated carbocycles. The lowest BCUT2D eigenvalue weighted by atomic mass is 10.1. The number of rotatable bonds is 3. The van der Waals surface area contributed by atoms with E-state index in [2.05, 4.69) is 0 Å². The van der Waals surface area contributed by atoms with Crippen LogP contribution in [0.15, 0.2) is 23.8 Å². The smallest absolute Gasteiger partial charge is 0.341 e. The lowest BCUT2D eigenvalue weighted by molar-refractivity contribution is -0.132. The zero-order valence-corrected chi connectivity index (χ0v) is 7.87. The zero-order valence-electron chi connectivity index (χ0n) is 7.87. The van der Waals surface area contributed by atoms with Crippen molar-refractivity contribution in [2.75, 3.05) is 0 Å². The summed E-state index contributed by atoms with van der Waals surface area (Å²) >= 11 is 0. The predicted octanol–water partition coefficient (Wildman–Crippen LogP) is 1.97. The van der Waals surface area contributed by atoms with Crippen LogP contribution in [-0.2, 0) is 4.79 Å². The van der Waals surface area contributed by atoms with Gasteiger partial charge in [-0.25, -0.2) is 13.6 Å². The number of nitrogens with one attached hydrogen (secondary N) is 1. The molecule has 0 saturated heterocycles. The highest BCUT2D eigenvalue weighted by Gasteiger charge is 2.18. The van der Waals surface area contributed by atoms with Crippen LogP contribution >= 0.6 is 0 Å². The van der Waals surface area contributed by atoms with Gasteiger partial charge in [0.2, 0.25) is 0 Å². The van der Waals surface area contributed by atoms with E-state index in [1.165, 1.54) is 0 Å². The van der Waals surface area contributed by atoms with Crippen LogP contribution in [-0.4, -0.2) is 22.4 Å². The summed E-state index contributed by atoms with van der Waals surface area (Å²) in [4.78, 5) is 10.6. The van der Waals surface area contributed by atoms with Gasteiger partial charge >= 0.3 is 5.97 Å². The fourth-order valence-corrected chi connectivity index (χ4v) is 1.06. The minimum Gasteiger partial charge on any atom is -0.506 e. The third-order valence-corrected chi connectivity index (χ3v) is 1.84. The molecule has 0 unspecified atom stereocenters. The summed E-state index contributed by atoms with van der Waals surface area (Å²) in [7, 11) is 0. The quantitative estimate of drug-likeness (QED) is 0.419. The Balaban J connectivity index is 3.44. The molecule has 0 aliphatic heterocycles. The minimum atomic E-state index is -1.60. The number of carbonyl (C=O) groups is 1. The van der Waals surface area contributed by atoms with Crippen molar-refractivity contribution in [1.82, 2.24) is 0 Å². The molecule has 16 heavy (non-hydrogen) atoms. The fraction of sp³-hybridized carbons (Fsp3) is 0. The Morgan fingerprint density at radius 2 is 1.94 bits per heavy atom. The van der Waals surface area contributed by atoms with E-state index in [-0.39, 0.29) is 0 Å². The number of aliphatic carboxylic acids is 1. The first-order valence-corrected chi connectivity index (χ1v) is 4.10. The van der Waals surface area contributed by atoms with Crippen molar-refractivity contribution < 1.29 is 23.8 Å². The summed E-state index contributed by atoms with van der Waals surface area (Å²) < 4.78 is 26.0. The molecule has 0 radical (unpaired) electrons. The van der Waals surface area contributed by atoms with E-state index in [4.69, 9.17) is 10.5 Å². The van der Waals surface area contributed by atoms with Crippen molar-refractivity contribution in [3.05, 3.63) is 41.0 Å². The third kappa shape index (κ3) is 2.05. The maximum atomic E-state index is 13.2. The second-order valence-corrected chi connectivity index (χ2v) is 2.81. The highest BCUT2D eigenvalue weighted by atomic mass is 19.2. The topological polar surface area (TPSA) is 81.4 Å². The number of carboxylic acid groups (broad SMARTS) is 1. The van der Waals surface area contributed by atoms with Gasteiger partial charge in [-0.1, -0.05) is 6.07 Å². The van der Waals surface area contributed by atoms with Crippen molar-refractivity contribution in [3.8, 4) is 0 Å². The standard InChI is InChI=1S/C10H7F2NO3/c11-7-3-1-2-5(8(7)12)9(14)6(4-13)10(15)16/h1-4,13-14H,(H,15,16). The number of benzene rings is 1. The van der Waals surface area contributed by atoms with Gasteiger partial charge in [0, 0.05) is 6.21 Å². The second-order valence-electron chi connectivity index (χ2n) is 2.81. The van der Waals surface area contributed by atoms with Gasteiger partial charge in [-0.05, 0) is 12.1 Å². The molecule has 1 aromatic carbocycles. The molecule has 0 aromatic heterocycles. The number of carboxylic acids is 1. The Morgan fingerprint density at radius 3 is 2.44 bits per heavy atom. The van der Waals surface area contributed by atoms with Gasteiger partial charge in [-0.2, -0.15) is 0 Å². The van der Waals surface area contributed by atoms with Crippen molar-refractivity contribution in [1.29, 1.82) is 5.41 Å². The van der Waals surface area contributed by atoms with Crippen molar-refractivity contribution in [3.63, 3.8) is 0 Å². The van der Waals surface area contributed by atoms with Crippen LogP contribution in [0, 0.1) is 17.0 Å². The molecule has 0 atom stereocenters. The first-order chi connectivity index (χ1) is 7.49. The summed E-state index contributed by atoms with van der Waals surface area (Å²) in [5, 5.41) is 24.7. The molecular formula is C10H7F2NO3. The van der Waals surface area contributed by atoms with Crippen molar-refractivity contribution in [2.45, 2.75) is 0 Å². The molecule has 0 aliphatic carbocycles. The van der Waals surface area contributed by atoms with Gasteiger partial charge < -0.3 is 15.6 Å². The number of hydrogen-bond donors (Lipinski definition) is 3. The Kier molecular flexibility index (Phi) is 3.34. The summed E-state index contributed by atoms with van der Waals surface area (Å²) in [6.07, 6.45) is 0.349. The van der Waals surface area contributed by atoms with Crippen molar-refractivity contribution >= 4 is 17.9 Å². The SMILES string of the molecule is N=CC(C(=O)O)=C(O)c1cccc(F)c1F. The van der Waals surface area contributed by atoms with Gasteiger partial charge in [0.05, 0.1) is 5.56 Å². The Morgan fingerprint density at radius 1 is 1.31 bits per heavy atom. The van der Waals surface area contributed by atoms with Crippen LogP contribution in [0.3, 0.4) is 0 Å². The van der Waals surface area contributed by atoms with Crippen LogP contribution < -0.4 is 0 Å². The monoisotopic (exact) mass is 227 g/mol. The Labute approximate surface area is 89.0 Å². The Bertz CT molecular complexity index is 483. The van der Waals surface area contributed by atoms with Gasteiger partial charge in [0.25, 0.3) is 0 Å². The molecule has 1 aromatic rings. The number of hydrogen-bond acceptors (Lipinski definition) is 3. The highest BCUT2D eigenvalue weighted by molar-refractivity contribution is 6.13. The Hall–Kier alpha value is -2.24. The molecule has 4 nitrogen and oxygen atoms in total. The van der Waals surface area contributed by atoms with E-state index in [9.17, 15) is 18.7 Å². The molecule has 6 heteroatoms. The summed E-state index contributed by atoms with van der Waals surface area (Å²) in [6.45, 7) is 0. The van der Waals surface area contributed by atoms with Crippen LogP contribution in [0.25, 0.3) is 5.76 Å². The predicted molar refractivity (Wildman–Crippen MR) is 52.3 cm³/mol. The van der Waals surface area contributed by atoms with Gasteiger partial charge in [-0.3, -0.25) is 0 Å². The van der Waals surface area contributed by atoms with Crippen molar-refractivity contribution in [2.24, 2.45) is 0 Å². The molecule has 0 aliphatic rings. The molecule has 3 N–H and O–H groups in total. The van der Waals surface area contributed by atoms with Gasteiger partial charge in [-0.15, -0.1) is 0 Å². The van der Waals surface area contributed by atoms with Crippen LogP contribution in [0.5, 0.6) is 0 Å². The summed E-state index contributed by atoms with van der Waals surface area (Å²) in [5.74, 6) is -5.16. The first kappa shape index (κ1) is 11.8. The largest absolute Gasteiger partial charge is 0.506 e. The zero-order chi connectivity index (χ0) is 12.3. The van der Waals surface area contributed by atoms with Crippen LogP contribution in [0.4, 0.5) is 8.78 Å². The van der Waals surface area contributed by atoms with E-state index in [1.54, 1.807) is 0 Å². The average Bonchev–Trinajstić information content (AvgIpc) is 2.22. The molecule has 1 rings (SSSR count). The number of halogens is 2. The summed E-state index contributed by atoms with van der Waals surface area (Å²) in [5.41, 5.74) is -1.41. The van der Waals surface area contributed by atoms with E-state index in [1.807, 2.05) is 0 Å². The molecule has 0 heterocycles. The minimum absolute atomic E-state index is 0.349. The second kappa shape index (κ2) is 4.52. The average molecular weight is 227 g/mol. The van der Waals surface area contributed by atoms with Gasteiger partial charge in [0.15, 0.2) is 11.6 Å². The normalized spacial score (nSPS) is 11.9. The molecular weight excluding hydrogens is 220 g/mol. The molecule has 84 valence electrons. The van der Waals surface area contributed by atoms with Gasteiger partial charge in [0.1, 0.15) is 11.3 Å². The number of aliphatic hydroxyl groups is 1. The third-order valence-electron chi connectivity index (χ3n) is 1.84. The maximum absolute atomic E-state index is 13.2. The molecule has 0 fully saturated rings. The highest BCUT2D eigenvalue weighted by Crippen LogP contribution is 2.20. The van der Waals surface area contributed by atoms with E-state index >= 15 is 0 Å². The fourth-order valence-electron chi connectivity index (χ4n) is 1.06. The van der Waals surface area contributed by atoms with Crippen LogP contribution in [0.2, 0.25) is 0 Å². The maximum Gasteiger partial charge on any atom is 0.341 e. The number of aliphatic hydroxyl groups excluding tert-OH is 1. The van der Waals surface area contributed by atoms with E-state index in [0.717, 1.165) is 18.2 Å². The lowest BCUT2D eigenvalue weighted by Gasteiger charge is -2.04. The summed E-state index contributed by atoms with van der Waals surface area (Å²) in [6, 6.07) is 2.96. The molecule has 0 amide bonds. The lowest BCUT2D eigenvalue weighted by Crippen LogP contribution is -2.06. The van der Waals surface area contributed by atoms with Crippen LogP contribution in [0.1, 0.15) is 5.56 Å². The molecule has 0 bridgehead atoms. The first-order valence-electron chi connectivity index (χ1n) is 4.10.